The molecule has 2 unspecified atom stereocenters. The van der Waals surface area contributed by atoms with E-state index in [0.717, 1.165) is 19.3 Å². The second-order valence-electron chi connectivity index (χ2n) is 5.68. The van der Waals surface area contributed by atoms with Gasteiger partial charge in [0, 0.05) is 13.1 Å². The number of carboxylic acid groups (broad SMARTS) is 1. The molecule has 6 heteroatoms. The van der Waals surface area contributed by atoms with E-state index < -0.39 is 10.9 Å². The number of hydrogen-bond acceptors (Lipinski definition) is 4. The van der Waals surface area contributed by atoms with Gasteiger partial charge in [-0.1, -0.05) is 25.8 Å². The molecule has 0 aromatic heterocycles. The molecule has 1 saturated carbocycles. The third-order valence-electron chi connectivity index (χ3n) is 4.37. The number of aromatic carboxylic acids is 1. The monoisotopic (exact) mass is 292 g/mol. The van der Waals surface area contributed by atoms with Crippen molar-refractivity contribution in [3.63, 3.8) is 0 Å². The highest BCUT2D eigenvalue weighted by molar-refractivity contribution is 5.95. The summed E-state index contributed by atoms with van der Waals surface area (Å²) in [7, 11) is 1.82. The Morgan fingerprint density at radius 1 is 1.38 bits per heavy atom. The number of para-hydroxylation sites is 1. The molecular weight excluding hydrogens is 272 g/mol. The van der Waals surface area contributed by atoms with Crippen LogP contribution in [0.5, 0.6) is 0 Å². The molecular formula is C15H20N2O4. The number of hydrogen-bond donors (Lipinski definition) is 1. The molecule has 0 amide bonds. The first-order chi connectivity index (χ1) is 9.93. The number of benzene rings is 1. The molecule has 2 atom stereocenters. The van der Waals surface area contributed by atoms with Crippen LogP contribution in [0.15, 0.2) is 18.2 Å². The zero-order chi connectivity index (χ0) is 15.6. The summed E-state index contributed by atoms with van der Waals surface area (Å²) in [5.74, 6) is -0.828. The maximum Gasteiger partial charge on any atom is 0.342 e. The van der Waals surface area contributed by atoms with Gasteiger partial charge in [-0.25, -0.2) is 4.79 Å². The predicted molar refractivity (Wildman–Crippen MR) is 79.9 cm³/mol. The van der Waals surface area contributed by atoms with Crippen molar-refractivity contribution in [3.05, 3.63) is 33.9 Å². The van der Waals surface area contributed by atoms with E-state index in [1.54, 1.807) is 12.1 Å². The maximum atomic E-state index is 11.3. The van der Waals surface area contributed by atoms with Gasteiger partial charge in [0.2, 0.25) is 0 Å². The molecule has 0 aliphatic heterocycles. The molecule has 6 nitrogen and oxygen atoms in total. The number of carbonyl (C=O) groups is 1. The van der Waals surface area contributed by atoms with Gasteiger partial charge in [0.05, 0.1) is 4.92 Å². The molecule has 0 heterocycles. The predicted octanol–water partition coefficient (Wildman–Crippen LogP) is 3.31. The van der Waals surface area contributed by atoms with Crippen molar-refractivity contribution in [2.45, 2.75) is 38.6 Å². The Morgan fingerprint density at radius 2 is 2.05 bits per heavy atom. The summed E-state index contributed by atoms with van der Waals surface area (Å²) in [6.07, 6.45) is 4.36. The van der Waals surface area contributed by atoms with Gasteiger partial charge in [-0.3, -0.25) is 10.1 Å². The molecule has 0 radical (unpaired) electrons. The van der Waals surface area contributed by atoms with Gasteiger partial charge < -0.3 is 10.0 Å². The summed E-state index contributed by atoms with van der Waals surface area (Å²) in [5.41, 5.74) is -0.184. The van der Waals surface area contributed by atoms with Crippen LogP contribution in [0.2, 0.25) is 0 Å². The molecule has 1 aliphatic rings. The van der Waals surface area contributed by atoms with Crippen LogP contribution in [0, 0.1) is 16.0 Å². The molecule has 1 N–H and O–H groups in total. The minimum atomic E-state index is -1.27. The average Bonchev–Trinajstić information content (AvgIpc) is 2.46. The topological polar surface area (TPSA) is 83.7 Å². The quantitative estimate of drug-likeness (QED) is 0.680. The van der Waals surface area contributed by atoms with Crippen molar-refractivity contribution in [3.8, 4) is 0 Å². The lowest BCUT2D eigenvalue weighted by Crippen LogP contribution is -2.39. The number of carboxylic acids is 1. The summed E-state index contributed by atoms with van der Waals surface area (Å²) in [5, 5.41) is 20.5. The van der Waals surface area contributed by atoms with Crippen LogP contribution in [-0.2, 0) is 0 Å². The van der Waals surface area contributed by atoms with E-state index in [2.05, 4.69) is 6.92 Å². The number of nitrogens with zero attached hydrogens (tertiary/aromatic N) is 2. The molecule has 2 rings (SSSR count). The average molecular weight is 292 g/mol. The Balaban J connectivity index is 2.45. The Kier molecular flexibility index (Phi) is 4.45. The maximum absolute atomic E-state index is 11.3. The van der Waals surface area contributed by atoms with E-state index >= 15 is 0 Å². The van der Waals surface area contributed by atoms with Crippen molar-refractivity contribution < 1.29 is 14.8 Å². The van der Waals surface area contributed by atoms with Crippen molar-refractivity contribution in [2.75, 3.05) is 11.9 Å². The first-order valence-corrected chi connectivity index (χ1v) is 7.17. The summed E-state index contributed by atoms with van der Waals surface area (Å²) in [4.78, 5) is 23.8. The SMILES string of the molecule is CC1CCCCC1N(C)c1cccc(C(=O)O)c1[N+](=O)[O-]. The second kappa shape index (κ2) is 6.11. The zero-order valence-corrected chi connectivity index (χ0v) is 12.3. The third kappa shape index (κ3) is 2.99. The van der Waals surface area contributed by atoms with Crippen molar-refractivity contribution in [1.29, 1.82) is 0 Å². The molecule has 1 aliphatic carbocycles. The van der Waals surface area contributed by atoms with Gasteiger partial charge in [0.25, 0.3) is 0 Å². The Labute approximate surface area is 123 Å². The lowest BCUT2D eigenvalue weighted by atomic mass is 9.85. The van der Waals surface area contributed by atoms with Crippen LogP contribution >= 0.6 is 0 Å². The molecule has 0 spiro atoms. The van der Waals surface area contributed by atoms with Crippen LogP contribution in [0.3, 0.4) is 0 Å². The minimum absolute atomic E-state index is 0.210. The highest BCUT2D eigenvalue weighted by Crippen LogP contribution is 2.36. The molecule has 1 aromatic carbocycles. The van der Waals surface area contributed by atoms with Crippen LogP contribution < -0.4 is 4.90 Å². The largest absolute Gasteiger partial charge is 0.477 e. The zero-order valence-electron chi connectivity index (χ0n) is 12.3. The van der Waals surface area contributed by atoms with Crippen molar-refractivity contribution in [1.82, 2.24) is 0 Å². The molecule has 114 valence electrons. The van der Waals surface area contributed by atoms with E-state index in [9.17, 15) is 14.9 Å². The highest BCUT2D eigenvalue weighted by Gasteiger charge is 2.31. The Morgan fingerprint density at radius 3 is 2.62 bits per heavy atom. The van der Waals surface area contributed by atoms with Crippen LogP contribution in [0.25, 0.3) is 0 Å². The molecule has 1 aromatic rings. The summed E-state index contributed by atoms with van der Waals surface area (Å²) < 4.78 is 0. The number of nitro benzene ring substituents is 1. The summed E-state index contributed by atoms with van der Waals surface area (Å²) in [6.45, 7) is 2.15. The Bertz CT molecular complexity index is 559. The van der Waals surface area contributed by atoms with E-state index in [0.29, 0.717) is 11.6 Å². The van der Waals surface area contributed by atoms with Crippen LogP contribution in [0.4, 0.5) is 11.4 Å². The fraction of sp³-hybridized carbons (Fsp3) is 0.533. The van der Waals surface area contributed by atoms with Crippen molar-refractivity contribution >= 4 is 17.3 Å². The number of rotatable bonds is 4. The summed E-state index contributed by atoms with van der Waals surface area (Å²) in [6, 6.07) is 4.69. The third-order valence-corrected chi connectivity index (χ3v) is 4.37. The first kappa shape index (κ1) is 15.3. The van der Waals surface area contributed by atoms with Gasteiger partial charge in [-0.2, -0.15) is 0 Å². The normalized spacial score (nSPS) is 21.8. The van der Waals surface area contributed by atoms with Gasteiger partial charge in [-0.15, -0.1) is 0 Å². The number of nitro groups is 1. The summed E-state index contributed by atoms with van der Waals surface area (Å²) >= 11 is 0. The van der Waals surface area contributed by atoms with Gasteiger partial charge in [-0.05, 0) is 30.9 Å². The van der Waals surface area contributed by atoms with Gasteiger partial charge >= 0.3 is 11.7 Å². The van der Waals surface area contributed by atoms with Crippen LogP contribution in [-0.4, -0.2) is 29.1 Å². The van der Waals surface area contributed by atoms with E-state index in [1.165, 1.54) is 12.5 Å². The van der Waals surface area contributed by atoms with Gasteiger partial charge in [0.1, 0.15) is 11.3 Å². The fourth-order valence-corrected chi connectivity index (χ4v) is 3.23. The first-order valence-electron chi connectivity index (χ1n) is 7.17. The van der Waals surface area contributed by atoms with Gasteiger partial charge in [0.15, 0.2) is 0 Å². The standard InChI is InChI=1S/C15H20N2O4/c1-10-6-3-4-8-12(10)16(2)13-9-5-7-11(15(18)19)14(13)17(20)21/h5,7,9-10,12H,3-4,6,8H2,1-2H3,(H,18,19). The minimum Gasteiger partial charge on any atom is -0.477 e. The Hall–Kier alpha value is -2.11. The smallest absolute Gasteiger partial charge is 0.342 e. The molecule has 21 heavy (non-hydrogen) atoms. The lowest BCUT2D eigenvalue weighted by molar-refractivity contribution is -0.384. The van der Waals surface area contributed by atoms with Crippen molar-refractivity contribution in [2.24, 2.45) is 5.92 Å². The fourth-order valence-electron chi connectivity index (χ4n) is 3.23. The second-order valence-corrected chi connectivity index (χ2v) is 5.68. The van der Waals surface area contributed by atoms with E-state index in [1.807, 2.05) is 11.9 Å². The van der Waals surface area contributed by atoms with E-state index in [-0.39, 0.29) is 17.3 Å². The highest BCUT2D eigenvalue weighted by atomic mass is 16.6. The van der Waals surface area contributed by atoms with Crippen LogP contribution in [0.1, 0.15) is 43.0 Å². The lowest BCUT2D eigenvalue weighted by Gasteiger charge is -2.37. The molecule has 0 bridgehead atoms. The number of anilines is 1. The van der Waals surface area contributed by atoms with E-state index in [4.69, 9.17) is 5.11 Å². The molecule has 0 saturated heterocycles. The molecule has 1 fully saturated rings.